The van der Waals surface area contributed by atoms with Crippen molar-refractivity contribution in [3.8, 4) is 45.8 Å². The molecule has 0 saturated carbocycles. The van der Waals surface area contributed by atoms with Gasteiger partial charge >= 0.3 is 0 Å². The van der Waals surface area contributed by atoms with Gasteiger partial charge in [-0.15, -0.1) is 0 Å². The van der Waals surface area contributed by atoms with E-state index in [0.29, 0.717) is 13.2 Å². The fourth-order valence-electron chi connectivity index (χ4n) is 3.95. The minimum Gasteiger partial charge on any atom is -0.508 e. The number of hydrogen-bond acceptors (Lipinski definition) is 9. The van der Waals surface area contributed by atoms with Crippen LogP contribution in [0.15, 0.2) is 33.5 Å². The van der Waals surface area contributed by atoms with Crippen molar-refractivity contribution in [1.29, 1.82) is 0 Å². The maximum absolute atomic E-state index is 13.3. The molecule has 4 N–H and O–H groups in total. The molecule has 2 aromatic carbocycles. The molecule has 1 saturated heterocycles. The molecule has 32 heavy (non-hydrogen) atoms. The lowest BCUT2D eigenvalue weighted by Gasteiger charge is -2.26. The van der Waals surface area contributed by atoms with Gasteiger partial charge in [0.05, 0.1) is 7.11 Å². The zero-order valence-corrected chi connectivity index (χ0v) is 17.6. The van der Waals surface area contributed by atoms with Crippen LogP contribution in [-0.4, -0.2) is 58.7 Å². The lowest BCUT2D eigenvalue weighted by atomic mass is 10.1. The number of phenolic OH excluding ortho intramolecular Hbond substituents is 4. The van der Waals surface area contributed by atoms with Crippen molar-refractivity contribution in [3.63, 3.8) is 0 Å². The molecule has 1 aliphatic rings. The van der Waals surface area contributed by atoms with Crippen LogP contribution in [0.1, 0.15) is 19.3 Å². The first-order valence-corrected chi connectivity index (χ1v) is 10.4. The molecule has 1 fully saturated rings. The van der Waals surface area contributed by atoms with Crippen LogP contribution in [0, 0.1) is 0 Å². The standard InChI is InChI=1S/C23H25NO8/c1-30-23-21(29)19-17(31-8-7-24-5-3-2-4-6-24)11-14(25)12-18(19)32-22(23)13-9-15(26)20(28)16(27)10-13/h9-12,25-28H,2-8H2,1H3. The third-order valence-electron chi connectivity index (χ3n) is 5.55. The average Bonchev–Trinajstić information content (AvgIpc) is 2.77. The minimum absolute atomic E-state index is 0.0471. The summed E-state index contributed by atoms with van der Waals surface area (Å²) in [4.78, 5) is 15.5. The van der Waals surface area contributed by atoms with Crippen LogP contribution >= 0.6 is 0 Å². The molecule has 9 heteroatoms. The Morgan fingerprint density at radius 3 is 2.34 bits per heavy atom. The van der Waals surface area contributed by atoms with Gasteiger partial charge in [0.25, 0.3) is 0 Å². The largest absolute Gasteiger partial charge is 0.508 e. The first-order chi connectivity index (χ1) is 15.4. The van der Waals surface area contributed by atoms with Crippen LogP contribution in [0.25, 0.3) is 22.3 Å². The molecule has 0 radical (unpaired) electrons. The molecule has 1 aromatic heterocycles. The van der Waals surface area contributed by atoms with Gasteiger partial charge in [-0.3, -0.25) is 9.69 Å². The number of methoxy groups -OCH3 is 1. The molecule has 4 rings (SSSR count). The third-order valence-corrected chi connectivity index (χ3v) is 5.55. The Bertz CT molecular complexity index is 1170. The summed E-state index contributed by atoms with van der Waals surface area (Å²) in [6, 6.07) is 4.88. The molecule has 0 spiro atoms. The van der Waals surface area contributed by atoms with Crippen LogP contribution in [-0.2, 0) is 0 Å². The SMILES string of the molecule is COc1c(-c2cc(O)c(O)c(O)c2)oc2cc(O)cc(OCCN3CCCCC3)c2c1=O. The van der Waals surface area contributed by atoms with Crippen LogP contribution in [0.4, 0.5) is 0 Å². The Balaban J connectivity index is 1.75. The lowest BCUT2D eigenvalue weighted by molar-refractivity contribution is 0.184. The van der Waals surface area contributed by atoms with Gasteiger partial charge in [-0.05, 0) is 38.1 Å². The number of nitrogens with zero attached hydrogens (tertiary/aromatic N) is 1. The Kier molecular flexibility index (Phi) is 6.00. The van der Waals surface area contributed by atoms with E-state index >= 15 is 0 Å². The predicted octanol–water partition coefficient (Wildman–Crippen LogP) is 3.16. The number of piperidine rings is 1. The number of fused-ring (bicyclic) bond motifs is 1. The van der Waals surface area contributed by atoms with Crippen LogP contribution < -0.4 is 14.9 Å². The number of ether oxygens (including phenoxy) is 2. The Morgan fingerprint density at radius 1 is 1.00 bits per heavy atom. The summed E-state index contributed by atoms with van der Waals surface area (Å²) < 4.78 is 17.0. The summed E-state index contributed by atoms with van der Waals surface area (Å²) in [5.41, 5.74) is -0.390. The van der Waals surface area contributed by atoms with Crippen molar-refractivity contribution in [2.24, 2.45) is 0 Å². The van der Waals surface area contributed by atoms with Gasteiger partial charge < -0.3 is 34.3 Å². The molecule has 170 valence electrons. The number of aromatic hydroxyl groups is 4. The van der Waals surface area contributed by atoms with Crippen LogP contribution in [0.2, 0.25) is 0 Å². The monoisotopic (exact) mass is 443 g/mol. The van der Waals surface area contributed by atoms with Crippen molar-refractivity contribution >= 4 is 11.0 Å². The summed E-state index contributed by atoms with van der Waals surface area (Å²) in [5, 5.41) is 39.6. The molecule has 0 aliphatic carbocycles. The summed E-state index contributed by atoms with van der Waals surface area (Å²) in [6.45, 7) is 3.05. The van der Waals surface area contributed by atoms with E-state index in [2.05, 4.69) is 4.90 Å². The van der Waals surface area contributed by atoms with Gasteiger partial charge in [0.15, 0.2) is 23.0 Å². The van der Waals surface area contributed by atoms with E-state index in [0.717, 1.165) is 38.1 Å². The molecule has 0 atom stereocenters. The fourth-order valence-corrected chi connectivity index (χ4v) is 3.95. The van der Waals surface area contributed by atoms with E-state index < -0.39 is 22.7 Å². The van der Waals surface area contributed by atoms with Crippen LogP contribution in [0.5, 0.6) is 34.5 Å². The molecular formula is C23H25NO8. The number of hydrogen-bond donors (Lipinski definition) is 4. The summed E-state index contributed by atoms with van der Waals surface area (Å²) in [7, 11) is 1.29. The zero-order valence-electron chi connectivity index (χ0n) is 17.6. The molecule has 3 aromatic rings. The van der Waals surface area contributed by atoms with E-state index in [1.165, 1.54) is 25.7 Å². The van der Waals surface area contributed by atoms with Gasteiger partial charge in [-0.2, -0.15) is 0 Å². The molecular weight excluding hydrogens is 418 g/mol. The second-order valence-corrected chi connectivity index (χ2v) is 7.72. The highest BCUT2D eigenvalue weighted by Crippen LogP contribution is 2.42. The maximum atomic E-state index is 13.3. The Labute approximate surface area is 183 Å². The van der Waals surface area contributed by atoms with Crippen molar-refractivity contribution < 1.29 is 34.3 Å². The quantitative estimate of drug-likeness (QED) is 0.424. The first-order valence-electron chi connectivity index (χ1n) is 10.4. The summed E-state index contributed by atoms with van der Waals surface area (Å²) in [6.07, 6.45) is 3.54. The minimum atomic E-state index is -0.696. The van der Waals surface area contributed by atoms with E-state index in [9.17, 15) is 25.2 Å². The van der Waals surface area contributed by atoms with Gasteiger partial charge in [0, 0.05) is 24.2 Å². The smallest absolute Gasteiger partial charge is 0.239 e. The number of rotatable bonds is 6. The molecule has 0 bridgehead atoms. The van der Waals surface area contributed by atoms with Crippen LogP contribution in [0.3, 0.4) is 0 Å². The maximum Gasteiger partial charge on any atom is 0.239 e. The lowest BCUT2D eigenvalue weighted by Crippen LogP contribution is -2.33. The summed E-state index contributed by atoms with van der Waals surface area (Å²) in [5.74, 6) is -2.12. The highest BCUT2D eigenvalue weighted by Gasteiger charge is 2.23. The Hall–Kier alpha value is -3.59. The molecule has 9 nitrogen and oxygen atoms in total. The second kappa shape index (κ2) is 8.88. The van der Waals surface area contributed by atoms with Gasteiger partial charge in [-0.1, -0.05) is 6.42 Å². The Morgan fingerprint density at radius 2 is 1.69 bits per heavy atom. The second-order valence-electron chi connectivity index (χ2n) is 7.72. The average molecular weight is 443 g/mol. The highest BCUT2D eigenvalue weighted by atomic mass is 16.5. The number of likely N-dealkylation sites (tertiary alicyclic amines) is 1. The predicted molar refractivity (Wildman–Crippen MR) is 117 cm³/mol. The van der Waals surface area contributed by atoms with Gasteiger partial charge in [0.1, 0.15) is 29.1 Å². The van der Waals surface area contributed by atoms with E-state index in [-0.39, 0.29) is 39.5 Å². The normalized spacial score (nSPS) is 14.5. The highest BCUT2D eigenvalue weighted by molar-refractivity contribution is 5.89. The summed E-state index contributed by atoms with van der Waals surface area (Å²) >= 11 is 0. The number of phenols is 4. The van der Waals surface area contributed by atoms with E-state index in [1.807, 2.05) is 0 Å². The van der Waals surface area contributed by atoms with Crippen molar-refractivity contribution in [3.05, 3.63) is 34.5 Å². The van der Waals surface area contributed by atoms with Crippen molar-refractivity contribution in [2.75, 3.05) is 33.4 Å². The first kappa shape index (κ1) is 21.6. The fraction of sp³-hybridized carbons (Fsp3) is 0.348. The zero-order chi connectivity index (χ0) is 22.8. The van der Waals surface area contributed by atoms with E-state index in [4.69, 9.17) is 13.9 Å². The molecule has 1 aliphatic heterocycles. The third kappa shape index (κ3) is 4.11. The van der Waals surface area contributed by atoms with Crippen molar-refractivity contribution in [1.82, 2.24) is 4.90 Å². The van der Waals surface area contributed by atoms with E-state index in [1.54, 1.807) is 0 Å². The number of benzene rings is 2. The van der Waals surface area contributed by atoms with Gasteiger partial charge in [0.2, 0.25) is 11.2 Å². The van der Waals surface area contributed by atoms with Gasteiger partial charge in [-0.25, -0.2) is 0 Å². The molecule has 0 amide bonds. The van der Waals surface area contributed by atoms with Crippen molar-refractivity contribution in [2.45, 2.75) is 19.3 Å². The topological polar surface area (TPSA) is 133 Å². The molecule has 2 heterocycles. The molecule has 0 unspecified atom stereocenters.